The molecule has 1 N–H and O–H groups in total. The number of anilines is 1. The molecule has 116 valence electrons. The molecule has 0 aliphatic carbocycles. The van der Waals surface area contributed by atoms with Crippen LogP contribution < -0.4 is 10.1 Å². The average molecular weight is 308 g/mol. The number of nitrogens with one attached hydrogen (secondary N) is 1. The normalized spacial score (nSPS) is 10.3. The lowest BCUT2D eigenvalue weighted by atomic mass is 10.2. The third kappa shape index (κ3) is 3.37. The van der Waals surface area contributed by atoms with Crippen molar-refractivity contribution in [1.29, 1.82) is 0 Å². The van der Waals surface area contributed by atoms with Crippen molar-refractivity contribution in [2.75, 3.05) is 11.9 Å². The zero-order valence-electron chi connectivity index (χ0n) is 12.6. The van der Waals surface area contributed by atoms with Gasteiger partial charge in [0.25, 0.3) is 5.91 Å². The fourth-order valence-corrected chi connectivity index (χ4v) is 2.14. The maximum atomic E-state index is 12.4. The molecular weight excluding hydrogens is 292 g/mol. The van der Waals surface area contributed by atoms with Gasteiger partial charge in [-0.15, -0.1) is 0 Å². The number of rotatable bonds is 5. The zero-order valence-corrected chi connectivity index (χ0v) is 12.6. The van der Waals surface area contributed by atoms with Crippen LogP contribution in [0, 0.1) is 0 Å². The van der Waals surface area contributed by atoms with E-state index in [1.54, 1.807) is 30.9 Å². The summed E-state index contributed by atoms with van der Waals surface area (Å²) in [5, 5.41) is 2.85. The monoisotopic (exact) mass is 308 g/mol. The van der Waals surface area contributed by atoms with Crippen LogP contribution in [0.2, 0.25) is 0 Å². The summed E-state index contributed by atoms with van der Waals surface area (Å²) in [6.45, 7) is 2.31. The van der Waals surface area contributed by atoms with Crippen molar-refractivity contribution in [3.05, 3.63) is 66.9 Å². The summed E-state index contributed by atoms with van der Waals surface area (Å²) in [6.07, 6.45) is 6.89. The number of amides is 1. The van der Waals surface area contributed by atoms with Gasteiger partial charge in [-0.05, 0) is 43.3 Å². The summed E-state index contributed by atoms with van der Waals surface area (Å²) >= 11 is 0. The van der Waals surface area contributed by atoms with Gasteiger partial charge >= 0.3 is 0 Å². The predicted molar refractivity (Wildman–Crippen MR) is 86.9 cm³/mol. The molecule has 6 heteroatoms. The molecule has 0 aliphatic rings. The highest BCUT2D eigenvalue weighted by atomic mass is 16.5. The van der Waals surface area contributed by atoms with E-state index in [0.717, 1.165) is 5.69 Å². The first-order valence-corrected chi connectivity index (χ1v) is 7.25. The van der Waals surface area contributed by atoms with E-state index in [0.29, 0.717) is 23.7 Å². The maximum Gasteiger partial charge on any atom is 0.261 e. The first-order chi connectivity index (χ1) is 11.3. The second-order valence-electron chi connectivity index (χ2n) is 4.76. The van der Waals surface area contributed by atoms with Gasteiger partial charge in [-0.25, -0.2) is 9.97 Å². The molecule has 0 unspecified atom stereocenters. The molecule has 1 aromatic carbocycles. The maximum absolute atomic E-state index is 12.4. The Morgan fingerprint density at radius 3 is 2.74 bits per heavy atom. The van der Waals surface area contributed by atoms with Crippen LogP contribution in [0.3, 0.4) is 0 Å². The highest BCUT2D eigenvalue weighted by molar-refractivity contribution is 6.05. The highest BCUT2D eigenvalue weighted by Gasteiger charge is 2.13. The summed E-state index contributed by atoms with van der Waals surface area (Å²) in [6, 6.07) is 10.9. The second-order valence-corrected chi connectivity index (χ2v) is 4.76. The van der Waals surface area contributed by atoms with Crippen molar-refractivity contribution < 1.29 is 9.53 Å². The van der Waals surface area contributed by atoms with Crippen LogP contribution in [0.4, 0.5) is 5.69 Å². The predicted octanol–water partition coefficient (Wildman–Crippen LogP) is 2.92. The van der Waals surface area contributed by atoms with E-state index in [1.165, 1.54) is 0 Å². The molecule has 6 nitrogen and oxygen atoms in total. The van der Waals surface area contributed by atoms with Gasteiger partial charge in [0, 0.05) is 30.0 Å². The summed E-state index contributed by atoms with van der Waals surface area (Å²) in [5.41, 5.74) is 2.08. The number of imidazole rings is 1. The molecule has 0 spiro atoms. The molecule has 0 atom stereocenters. The molecule has 2 aromatic heterocycles. The van der Waals surface area contributed by atoms with Gasteiger partial charge in [-0.2, -0.15) is 0 Å². The van der Waals surface area contributed by atoms with Gasteiger partial charge in [0.15, 0.2) is 0 Å². The molecule has 1 amide bonds. The number of ether oxygens (including phenoxy) is 1. The van der Waals surface area contributed by atoms with E-state index in [9.17, 15) is 4.79 Å². The lowest BCUT2D eigenvalue weighted by Crippen LogP contribution is -2.14. The van der Waals surface area contributed by atoms with Crippen molar-refractivity contribution >= 4 is 11.6 Å². The van der Waals surface area contributed by atoms with Crippen LogP contribution in [-0.2, 0) is 0 Å². The lowest BCUT2D eigenvalue weighted by Gasteiger charge is -2.10. The van der Waals surface area contributed by atoms with Crippen LogP contribution in [0.5, 0.6) is 5.88 Å². The van der Waals surface area contributed by atoms with E-state index >= 15 is 0 Å². The summed E-state index contributed by atoms with van der Waals surface area (Å²) in [5.74, 6) is 0.0828. The zero-order chi connectivity index (χ0) is 16.1. The lowest BCUT2D eigenvalue weighted by molar-refractivity contribution is 0.102. The van der Waals surface area contributed by atoms with E-state index in [2.05, 4.69) is 15.3 Å². The fraction of sp³-hybridized carbons (Fsp3) is 0.118. The minimum Gasteiger partial charge on any atom is -0.477 e. The Hall–Kier alpha value is -3.15. The molecule has 3 rings (SSSR count). The van der Waals surface area contributed by atoms with E-state index in [1.807, 2.05) is 42.0 Å². The largest absolute Gasteiger partial charge is 0.477 e. The molecule has 0 bridgehead atoms. The number of carbonyl (C=O) groups excluding carboxylic acids is 1. The molecule has 23 heavy (non-hydrogen) atoms. The number of pyridine rings is 1. The molecule has 0 fully saturated rings. The summed E-state index contributed by atoms with van der Waals surface area (Å²) in [7, 11) is 0. The van der Waals surface area contributed by atoms with E-state index in [-0.39, 0.29) is 5.91 Å². The molecule has 0 aliphatic heterocycles. The topological polar surface area (TPSA) is 69.0 Å². The number of aromatic nitrogens is 3. The summed E-state index contributed by atoms with van der Waals surface area (Å²) in [4.78, 5) is 20.5. The first kappa shape index (κ1) is 14.8. The smallest absolute Gasteiger partial charge is 0.261 e. The minimum absolute atomic E-state index is 0.253. The van der Waals surface area contributed by atoms with E-state index < -0.39 is 0 Å². The number of hydrogen-bond acceptors (Lipinski definition) is 4. The Kier molecular flexibility index (Phi) is 4.33. The highest BCUT2D eigenvalue weighted by Crippen LogP contribution is 2.18. The number of carbonyl (C=O) groups is 1. The molecule has 0 saturated carbocycles. The molecular formula is C17H16N4O2. The Labute approximate surface area is 133 Å². The van der Waals surface area contributed by atoms with Gasteiger partial charge in [0.2, 0.25) is 5.88 Å². The van der Waals surface area contributed by atoms with E-state index in [4.69, 9.17) is 4.74 Å². The third-order valence-corrected chi connectivity index (χ3v) is 3.22. The Morgan fingerprint density at radius 2 is 2.04 bits per heavy atom. The first-order valence-electron chi connectivity index (χ1n) is 7.25. The van der Waals surface area contributed by atoms with Crippen molar-refractivity contribution in [3.63, 3.8) is 0 Å². The molecule has 0 saturated heterocycles. The quantitative estimate of drug-likeness (QED) is 0.787. The summed E-state index contributed by atoms with van der Waals surface area (Å²) < 4.78 is 7.27. The second kappa shape index (κ2) is 6.74. The SMILES string of the molecule is CCOc1ncccc1C(=O)Nc1ccc(-n2ccnc2)cc1. The minimum atomic E-state index is -0.253. The number of nitrogens with zero attached hydrogens (tertiary/aromatic N) is 3. The standard InChI is InChI=1S/C17H16N4O2/c1-2-23-17-15(4-3-9-19-17)16(22)20-13-5-7-14(8-6-13)21-11-10-18-12-21/h3-12H,2H2,1H3,(H,20,22). The van der Waals surface area contributed by atoms with Gasteiger partial charge in [0.05, 0.1) is 12.9 Å². The van der Waals surface area contributed by atoms with Crippen LogP contribution in [-0.4, -0.2) is 27.0 Å². The van der Waals surface area contributed by atoms with Crippen LogP contribution in [0.25, 0.3) is 5.69 Å². The third-order valence-electron chi connectivity index (χ3n) is 3.22. The van der Waals surface area contributed by atoms with Crippen LogP contribution in [0.1, 0.15) is 17.3 Å². The van der Waals surface area contributed by atoms with Gasteiger partial charge in [0.1, 0.15) is 5.56 Å². The van der Waals surface area contributed by atoms with Crippen molar-refractivity contribution in [2.45, 2.75) is 6.92 Å². The van der Waals surface area contributed by atoms with Crippen LogP contribution >= 0.6 is 0 Å². The van der Waals surface area contributed by atoms with Crippen molar-refractivity contribution in [3.8, 4) is 11.6 Å². The molecule has 0 radical (unpaired) electrons. The Morgan fingerprint density at radius 1 is 1.22 bits per heavy atom. The number of hydrogen-bond donors (Lipinski definition) is 1. The van der Waals surface area contributed by atoms with Crippen molar-refractivity contribution in [1.82, 2.24) is 14.5 Å². The van der Waals surface area contributed by atoms with Gasteiger partial charge < -0.3 is 14.6 Å². The van der Waals surface area contributed by atoms with Crippen molar-refractivity contribution in [2.24, 2.45) is 0 Å². The number of benzene rings is 1. The Bertz CT molecular complexity index is 783. The average Bonchev–Trinajstić information content (AvgIpc) is 3.11. The van der Waals surface area contributed by atoms with Gasteiger partial charge in [-0.3, -0.25) is 4.79 Å². The molecule has 2 heterocycles. The Balaban J connectivity index is 1.75. The molecule has 3 aromatic rings. The van der Waals surface area contributed by atoms with Gasteiger partial charge in [-0.1, -0.05) is 0 Å². The fourth-order valence-electron chi connectivity index (χ4n) is 2.14. The van der Waals surface area contributed by atoms with Crippen LogP contribution in [0.15, 0.2) is 61.3 Å².